The number of aryl methyl sites for hydroxylation is 1. The minimum Gasteiger partial charge on any atom is -0.481 e. The molecule has 0 radical (unpaired) electrons. The fourth-order valence-corrected chi connectivity index (χ4v) is 2.38. The van der Waals surface area contributed by atoms with Crippen molar-refractivity contribution in [3.05, 3.63) is 29.8 Å². The molecule has 0 atom stereocenters. The number of hydrogen-bond acceptors (Lipinski definition) is 3. The third-order valence-corrected chi connectivity index (χ3v) is 3.84. The Morgan fingerprint density at radius 3 is 2.40 bits per heavy atom. The van der Waals surface area contributed by atoms with Crippen molar-refractivity contribution in [3.8, 4) is 0 Å². The number of benzene rings is 1. The summed E-state index contributed by atoms with van der Waals surface area (Å²) < 4.78 is 0. The van der Waals surface area contributed by atoms with E-state index in [1.165, 1.54) is 17.3 Å². The number of carbonyl (C=O) groups excluding carboxylic acids is 1. The average Bonchev–Trinajstić information content (AvgIpc) is 2.35. The lowest BCUT2D eigenvalue weighted by Crippen LogP contribution is -2.44. The van der Waals surface area contributed by atoms with E-state index in [0.29, 0.717) is 12.2 Å². The Balaban J connectivity index is 2.39. The summed E-state index contributed by atoms with van der Waals surface area (Å²) in [6, 6.07) is 8.00. The zero-order valence-corrected chi connectivity index (χ0v) is 12.9. The van der Waals surface area contributed by atoms with Crippen LogP contribution < -0.4 is 5.32 Å². The fraction of sp³-hybridized carbons (Fsp3) is 0.467. The van der Waals surface area contributed by atoms with E-state index in [9.17, 15) is 9.59 Å². The fourth-order valence-electron chi connectivity index (χ4n) is 1.68. The summed E-state index contributed by atoms with van der Waals surface area (Å²) in [6.07, 6.45) is 0.474. The van der Waals surface area contributed by atoms with Crippen molar-refractivity contribution in [2.24, 2.45) is 0 Å². The van der Waals surface area contributed by atoms with E-state index < -0.39 is 11.5 Å². The molecule has 0 bridgehead atoms. The molecule has 4 nitrogen and oxygen atoms in total. The van der Waals surface area contributed by atoms with E-state index in [2.05, 4.69) is 5.32 Å². The van der Waals surface area contributed by atoms with Crippen LogP contribution in [0.2, 0.25) is 0 Å². The Morgan fingerprint density at radius 2 is 1.85 bits per heavy atom. The number of carboxylic acid groups (broad SMARTS) is 1. The number of aliphatic carboxylic acids is 1. The molecule has 0 aliphatic heterocycles. The second kappa shape index (κ2) is 7.33. The standard InChI is InChI=1S/C15H21NO3S/c1-11-4-6-12(7-5-11)20-10-13(17)16-15(2,3)9-8-14(18)19/h4-7H,8-10H2,1-3H3,(H,16,17)(H,18,19). The molecule has 0 aromatic heterocycles. The molecule has 1 rings (SSSR count). The van der Waals surface area contributed by atoms with Crippen molar-refractivity contribution in [1.82, 2.24) is 5.32 Å². The minimum absolute atomic E-state index is 0.0540. The Kier molecular flexibility index (Phi) is 6.07. The summed E-state index contributed by atoms with van der Waals surface area (Å²) in [5.74, 6) is -0.591. The summed E-state index contributed by atoms with van der Waals surface area (Å²) in [7, 11) is 0. The third-order valence-electron chi connectivity index (χ3n) is 2.83. The molecule has 110 valence electrons. The number of hydrogen-bond donors (Lipinski definition) is 2. The summed E-state index contributed by atoms with van der Waals surface area (Å²) in [5.41, 5.74) is 0.692. The highest BCUT2D eigenvalue weighted by Crippen LogP contribution is 2.19. The van der Waals surface area contributed by atoms with E-state index in [-0.39, 0.29) is 12.3 Å². The van der Waals surface area contributed by atoms with E-state index >= 15 is 0 Å². The lowest BCUT2D eigenvalue weighted by Gasteiger charge is -2.25. The molecule has 1 aromatic carbocycles. The normalized spacial score (nSPS) is 11.2. The lowest BCUT2D eigenvalue weighted by atomic mass is 9.98. The largest absolute Gasteiger partial charge is 0.481 e. The molecule has 0 spiro atoms. The predicted octanol–water partition coefficient (Wildman–Crippen LogP) is 2.85. The first-order chi connectivity index (χ1) is 9.28. The van der Waals surface area contributed by atoms with E-state index in [1.54, 1.807) is 0 Å². The smallest absolute Gasteiger partial charge is 0.303 e. The monoisotopic (exact) mass is 295 g/mol. The van der Waals surface area contributed by atoms with Crippen LogP contribution in [-0.4, -0.2) is 28.3 Å². The van der Waals surface area contributed by atoms with Crippen molar-refractivity contribution in [1.29, 1.82) is 0 Å². The van der Waals surface area contributed by atoms with Gasteiger partial charge in [0.1, 0.15) is 0 Å². The second-order valence-corrected chi connectivity index (χ2v) is 6.48. The highest BCUT2D eigenvalue weighted by atomic mass is 32.2. The second-order valence-electron chi connectivity index (χ2n) is 5.43. The summed E-state index contributed by atoms with van der Waals surface area (Å²) in [4.78, 5) is 23.5. The van der Waals surface area contributed by atoms with Gasteiger partial charge in [-0.25, -0.2) is 0 Å². The van der Waals surface area contributed by atoms with Gasteiger partial charge in [0.2, 0.25) is 5.91 Å². The van der Waals surface area contributed by atoms with Crippen LogP contribution in [0.4, 0.5) is 0 Å². The maximum atomic E-state index is 11.9. The van der Waals surface area contributed by atoms with Crippen LogP contribution in [0.25, 0.3) is 0 Å². The molecule has 20 heavy (non-hydrogen) atoms. The van der Waals surface area contributed by atoms with Gasteiger partial charge in [0, 0.05) is 16.9 Å². The summed E-state index contributed by atoms with van der Waals surface area (Å²) in [5, 5.41) is 11.5. The number of carboxylic acids is 1. The Morgan fingerprint density at radius 1 is 1.25 bits per heavy atom. The number of thioether (sulfide) groups is 1. The van der Waals surface area contributed by atoms with Gasteiger partial charge in [0.15, 0.2) is 0 Å². The molecular formula is C15H21NO3S. The van der Waals surface area contributed by atoms with Gasteiger partial charge in [-0.1, -0.05) is 17.7 Å². The van der Waals surface area contributed by atoms with Gasteiger partial charge in [-0.15, -0.1) is 11.8 Å². The van der Waals surface area contributed by atoms with E-state index in [1.807, 2.05) is 45.0 Å². The summed E-state index contributed by atoms with van der Waals surface area (Å²) in [6.45, 7) is 5.70. The predicted molar refractivity (Wildman–Crippen MR) is 81.0 cm³/mol. The highest BCUT2D eigenvalue weighted by Gasteiger charge is 2.21. The van der Waals surface area contributed by atoms with Crippen LogP contribution in [0.3, 0.4) is 0 Å². The number of amides is 1. The van der Waals surface area contributed by atoms with Crippen LogP contribution in [0.15, 0.2) is 29.2 Å². The molecule has 0 saturated heterocycles. The van der Waals surface area contributed by atoms with Crippen LogP contribution in [0, 0.1) is 6.92 Å². The zero-order chi connectivity index (χ0) is 15.2. The average molecular weight is 295 g/mol. The quantitative estimate of drug-likeness (QED) is 0.759. The molecule has 1 amide bonds. The minimum atomic E-state index is -0.846. The van der Waals surface area contributed by atoms with Gasteiger partial charge in [-0.05, 0) is 39.3 Å². The SMILES string of the molecule is Cc1ccc(SCC(=O)NC(C)(C)CCC(=O)O)cc1. The zero-order valence-electron chi connectivity index (χ0n) is 12.1. The van der Waals surface area contributed by atoms with Crippen molar-refractivity contribution >= 4 is 23.6 Å². The van der Waals surface area contributed by atoms with E-state index in [4.69, 9.17) is 5.11 Å². The van der Waals surface area contributed by atoms with Crippen molar-refractivity contribution in [2.45, 2.75) is 44.0 Å². The van der Waals surface area contributed by atoms with Crippen LogP contribution in [0.1, 0.15) is 32.3 Å². The van der Waals surface area contributed by atoms with Gasteiger partial charge < -0.3 is 10.4 Å². The maximum Gasteiger partial charge on any atom is 0.303 e. The van der Waals surface area contributed by atoms with Gasteiger partial charge in [-0.3, -0.25) is 9.59 Å². The highest BCUT2D eigenvalue weighted by molar-refractivity contribution is 8.00. The van der Waals surface area contributed by atoms with Crippen molar-refractivity contribution < 1.29 is 14.7 Å². The molecule has 5 heteroatoms. The first-order valence-corrected chi connectivity index (χ1v) is 7.49. The Hall–Kier alpha value is -1.49. The Labute approximate surface area is 124 Å². The molecule has 0 saturated carbocycles. The molecule has 0 aliphatic carbocycles. The Bertz CT molecular complexity index is 469. The maximum absolute atomic E-state index is 11.9. The number of nitrogens with one attached hydrogen (secondary N) is 1. The molecule has 0 aliphatic rings. The third kappa shape index (κ3) is 6.61. The van der Waals surface area contributed by atoms with Crippen molar-refractivity contribution in [2.75, 3.05) is 5.75 Å². The molecular weight excluding hydrogens is 274 g/mol. The first kappa shape index (κ1) is 16.6. The topological polar surface area (TPSA) is 66.4 Å². The number of carbonyl (C=O) groups is 2. The van der Waals surface area contributed by atoms with Crippen LogP contribution in [0.5, 0.6) is 0 Å². The van der Waals surface area contributed by atoms with Gasteiger partial charge in [0.25, 0.3) is 0 Å². The van der Waals surface area contributed by atoms with Crippen LogP contribution >= 0.6 is 11.8 Å². The first-order valence-electron chi connectivity index (χ1n) is 6.51. The van der Waals surface area contributed by atoms with Crippen molar-refractivity contribution in [3.63, 3.8) is 0 Å². The molecule has 0 heterocycles. The van der Waals surface area contributed by atoms with Crippen LogP contribution in [-0.2, 0) is 9.59 Å². The van der Waals surface area contributed by atoms with Gasteiger partial charge in [-0.2, -0.15) is 0 Å². The van der Waals surface area contributed by atoms with Gasteiger partial charge in [0.05, 0.1) is 5.75 Å². The molecule has 2 N–H and O–H groups in total. The molecule has 0 fully saturated rings. The number of rotatable bonds is 7. The van der Waals surface area contributed by atoms with E-state index in [0.717, 1.165) is 4.90 Å². The molecule has 0 unspecified atom stereocenters. The molecule has 1 aromatic rings. The summed E-state index contributed by atoms with van der Waals surface area (Å²) >= 11 is 1.47. The van der Waals surface area contributed by atoms with Gasteiger partial charge >= 0.3 is 5.97 Å². The lowest BCUT2D eigenvalue weighted by molar-refractivity contribution is -0.137.